The first kappa shape index (κ1) is 11.2. The summed E-state index contributed by atoms with van der Waals surface area (Å²) >= 11 is 0. The smallest absolute Gasteiger partial charge is 0.0865 e. The largest absolute Gasteiger partial charge is 0.291 e. The minimum Gasteiger partial charge on any atom is -0.291 e. The average molecular weight is 214 g/mol. The maximum Gasteiger partial charge on any atom is 0.0865 e. The lowest BCUT2D eigenvalue weighted by atomic mass is 9.87. The predicted octanol–water partition coefficient (Wildman–Crippen LogP) is 2.70. The molecular formula is C14H18N2. The summed E-state index contributed by atoms with van der Waals surface area (Å²) in [6, 6.07) is 10.9. The van der Waals surface area contributed by atoms with Crippen molar-refractivity contribution in [3.05, 3.63) is 35.4 Å². The monoisotopic (exact) mass is 214 g/mol. The van der Waals surface area contributed by atoms with Crippen molar-refractivity contribution in [2.45, 2.75) is 25.7 Å². The highest BCUT2D eigenvalue weighted by Crippen LogP contribution is 2.29. The lowest BCUT2D eigenvalue weighted by Crippen LogP contribution is -2.33. The zero-order valence-corrected chi connectivity index (χ0v) is 9.82. The number of benzene rings is 1. The van der Waals surface area contributed by atoms with Gasteiger partial charge in [0.15, 0.2) is 0 Å². The normalized spacial score (nSPS) is 18.2. The molecule has 2 rings (SSSR count). The van der Waals surface area contributed by atoms with Gasteiger partial charge in [0.05, 0.1) is 12.6 Å². The van der Waals surface area contributed by atoms with E-state index in [2.05, 4.69) is 42.2 Å². The van der Waals surface area contributed by atoms with Crippen LogP contribution in [0.4, 0.5) is 0 Å². The number of piperidine rings is 1. The summed E-state index contributed by atoms with van der Waals surface area (Å²) in [6.07, 6.45) is 2.37. The Labute approximate surface area is 97.5 Å². The fourth-order valence-corrected chi connectivity index (χ4v) is 2.55. The third kappa shape index (κ3) is 2.43. The number of likely N-dealkylation sites (tertiary alicyclic amines) is 1. The molecule has 1 aliphatic heterocycles. The minimum absolute atomic E-state index is 0.584. The Kier molecular flexibility index (Phi) is 3.58. The molecule has 1 fully saturated rings. The Morgan fingerprint density at radius 2 is 2.00 bits per heavy atom. The molecule has 0 spiro atoms. The minimum atomic E-state index is 0.584. The number of aryl methyl sites for hydroxylation is 1. The van der Waals surface area contributed by atoms with Crippen LogP contribution in [0.15, 0.2) is 24.3 Å². The van der Waals surface area contributed by atoms with Gasteiger partial charge in [-0.1, -0.05) is 24.3 Å². The summed E-state index contributed by atoms with van der Waals surface area (Å²) in [5, 5.41) is 8.65. The molecule has 1 aromatic rings. The second-order valence-electron chi connectivity index (χ2n) is 4.57. The van der Waals surface area contributed by atoms with Gasteiger partial charge >= 0.3 is 0 Å². The van der Waals surface area contributed by atoms with Crippen LogP contribution in [0.1, 0.15) is 29.9 Å². The van der Waals surface area contributed by atoms with Crippen LogP contribution >= 0.6 is 0 Å². The molecule has 1 heterocycles. The van der Waals surface area contributed by atoms with E-state index in [-0.39, 0.29) is 0 Å². The van der Waals surface area contributed by atoms with Crippen LogP contribution in [-0.4, -0.2) is 24.5 Å². The van der Waals surface area contributed by atoms with Crippen LogP contribution < -0.4 is 0 Å². The van der Waals surface area contributed by atoms with Crippen LogP contribution in [0.5, 0.6) is 0 Å². The quantitative estimate of drug-likeness (QED) is 0.708. The molecule has 0 aromatic heterocycles. The Balaban J connectivity index is 2.00. The van der Waals surface area contributed by atoms with Crippen molar-refractivity contribution < 1.29 is 0 Å². The predicted molar refractivity (Wildman–Crippen MR) is 65.2 cm³/mol. The lowest BCUT2D eigenvalue weighted by molar-refractivity contribution is 0.234. The molecule has 0 atom stereocenters. The van der Waals surface area contributed by atoms with E-state index in [9.17, 15) is 0 Å². The van der Waals surface area contributed by atoms with Crippen LogP contribution in [0.2, 0.25) is 0 Å². The van der Waals surface area contributed by atoms with Crippen molar-refractivity contribution in [1.82, 2.24) is 4.90 Å². The summed E-state index contributed by atoms with van der Waals surface area (Å²) in [4.78, 5) is 2.24. The van der Waals surface area contributed by atoms with Gasteiger partial charge < -0.3 is 0 Å². The van der Waals surface area contributed by atoms with E-state index in [0.29, 0.717) is 12.5 Å². The number of rotatable bonds is 2. The van der Waals surface area contributed by atoms with E-state index >= 15 is 0 Å². The van der Waals surface area contributed by atoms with E-state index < -0.39 is 0 Å². The average Bonchev–Trinajstić information content (AvgIpc) is 2.31. The first-order valence-electron chi connectivity index (χ1n) is 5.96. The molecule has 1 saturated heterocycles. The van der Waals surface area contributed by atoms with Crippen molar-refractivity contribution in [2.24, 2.45) is 0 Å². The highest BCUT2D eigenvalue weighted by molar-refractivity contribution is 5.29. The first-order chi connectivity index (χ1) is 7.81. The van der Waals surface area contributed by atoms with Gasteiger partial charge in [-0.2, -0.15) is 5.26 Å². The van der Waals surface area contributed by atoms with Gasteiger partial charge in [-0.15, -0.1) is 0 Å². The second-order valence-corrected chi connectivity index (χ2v) is 4.57. The van der Waals surface area contributed by atoms with Crippen molar-refractivity contribution in [1.29, 1.82) is 5.26 Å². The highest BCUT2D eigenvalue weighted by Gasteiger charge is 2.20. The number of hydrogen-bond donors (Lipinski definition) is 0. The molecule has 0 saturated carbocycles. The zero-order valence-electron chi connectivity index (χ0n) is 9.82. The van der Waals surface area contributed by atoms with Crippen molar-refractivity contribution >= 4 is 0 Å². The van der Waals surface area contributed by atoms with Crippen molar-refractivity contribution in [3.63, 3.8) is 0 Å². The standard InChI is InChI=1S/C14H18N2/c1-12-4-2-3-5-14(12)13-6-9-16(10-7-13)11-8-15/h2-5,13H,6-7,9-11H2,1H3. The van der Waals surface area contributed by atoms with E-state index in [1.54, 1.807) is 0 Å². The molecule has 1 aromatic carbocycles. The van der Waals surface area contributed by atoms with E-state index in [4.69, 9.17) is 5.26 Å². The SMILES string of the molecule is Cc1ccccc1C1CCN(CC#N)CC1. The van der Waals surface area contributed by atoms with Crippen LogP contribution in [-0.2, 0) is 0 Å². The molecule has 0 radical (unpaired) electrons. The number of hydrogen-bond acceptors (Lipinski definition) is 2. The summed E-state index contributed by atoms with van der Waals surface area (Å²) in [5.41, 5.74) is 2.90. The second kappa shape index (κ2) is 5.14. The molecule has 0 amide bonds. The maximum absolute atomic E-state index is 8.65. The van der Waals surface area contributed by atoms with Crippen molar-refractivity contribution in [3.8, 4) is 6.07 Å². The van der Waals surface area contributed by atoms with E-state index in [0.717, 1.165) is 13.1 Å². The molecule has 0 bridgehead atoms. The van der Waals surface area contributed by atoms with Gasteiger partial charge in [0.25, 0.3) is 0 Å². The van der Waals surface area contributed by atoms with Crippen LogP contribution in [0.3, 0.4) is 0 Å². The molecule has 84 valence electrons. The van der Waals surface area contributed by atoms with Gasteiger partial charge in [0.2, 0.25) is 0 Å². The van der Waals surface area contributed by atoms with Crippen LogP contribution in [0.25, 0.3) is 0 Å². The lowest BCUT2D eigenvalue weighted by Gasteiger charge is -2.31. The third-order valence-corrected chi connectivity index (χ3v) is 3.51. The third-order valence-electron chi connectivity index (χ3n) is 3.51. The molecule has 0 aliphatic carbocycles. The Hall–Kier alpha value is -1.33. The number of nitrogens with zero attached hydrogens (tertiary/aromatic N) is 2. The summed E-state index contributed by atoms with van der Waals surface area (Å²) in [5.74, 6) is 0.691. The maximum atomic E-state index is 8.65. The van der Waals surface area contributed by atoms with Gasteiger partial charge in [-0.3, -0.25) is 4.90 Å². The van der Waals surface area contributed by atoms with E-state index in [1.807, 2.05) is 0 Å². The highest BCUT2D eigenvalue weighted by atomic mass is 15.1. The molecule has 2 heteroatoms. The Bertz CT molecular complexity index is 384. The molecule has 16 heavy (non-hydrogen) atoms. The zero-order chi connectivity index (χ0) is 11.4. The molecule has 2 nitrogen and oxygen atoms in total. The summed E-state index contributed by atoms with van der Waals surface area (Å²) in [6.45, 7) is 4.90. The fourth-order valence-electron chi connectivity index (χ4n) is 2.55. The number of nitriles is 1. The molecule has 1 aliphatic rings. The van der Waals surface area contributed by atoms with Gasteiger partial charge in [-0.25, -0.2) is 0 Å². The van der Waals surface area contributed by atoms with Crippen LogP contribution in [0, 0.1) is 18.3 Å². The molecule has 0 N–H and O–H groups in total. The topological polar surface area (TPSA) is 27.0 Å². The summed E-state index contributed by atoms with van der Waals surface area (Å²) in [7, 11) is 0. The van der Waals surface area contributed by atoms with Gasteiger partial charge in [-0.05, 0) is 49.9 Å². The van der Waals surface area contributed by atoms with Crippen molar-refractivity contribution in [2.75, 3.05) is 19.6 Å². The van der Waals surface area contributed by atoms with Gasteiger partial charge in [0, 0.05) is 0 Å². The van der Waals surface area contributed by atoms with E-state index in [1.165, 1.54) is 24.0 Å². The Morgan fingerprint density at radius 3 is 2.62 bits per heavy atom. The summed E-state index contributed by atoms with van der Waals surface area (Å²) < 4.78 is 0. The Morgan fingerprint density at radius 1 is 1.31 bits per heavy atom. The fraction of sp³-hybridized carbons (Fsp3) is 0.500. The molecular weight excluding hydrogens is 196 g/mol. The molecule has 0 unspecified atom stereocenters. The van der Waals surface area contributed by atoms with Gasteiger partial charge in [0.1, 0.15) is 0 Å². The first-order valence-corrected chi connectivity index (χ1v) is 5.96.